The molecule has 0 bridgehead atoms. The molecular weight excluding hydrogens is 172 g/mol. The number of hydrogen-bond acceptors (Lipinski definition) is 1. The van der Waals surface area contributed by atoms with E-state index in [2.05, 4.69) is 47.0 Å². The third kappa shape index (κ3) is 1.07. The number of para-hydroxylation sites is 1. The van der Waals surface area contributed by atoms with E-state index in [1.54, 1.807) is 0 Å². The molecule has 14 heavy (non-hydrogen) atoms. The summed E-state index contributed by atoms with van der Waals surface area (Å²) in [5.74, 6) is 0. The van der Waals surface area contributed by atoms with E-state index in [1.807, 2.05) is 0 Å². The van der Waals surface area contributed by atoms with Crippen LogP contribution in [0.2, 0.25) is 0 Å². The van der Waals surface area contributed by atoms with E-state index in [1.165, 1.54) is 16.5 Å². The van der Waals surface area contributed by atoms with Crippen molar-refractivity contribution in [2.45, 2.75) is 13.1 Å². The molecule has 2 heteroatoms. The Bertz CT molecular complexity index is 470. The molecule has 2 heterocycles. The molecule has 72 valence electrons. The zero-order valence-electron chi connectivity index (χ0n) is 8.40. The minimum absolute atomic E-state index is 1.07. The van der Waals surface area contributed by atoms with Crippen LogP contribution < -0.4 is 0 Å². The number of rotatable bonds is 0. The Balaban J connectivity index is 2.31. The van der Waals surface area contributed by atoms with Gasteiger partial charge in [-0.15, -0.1) is 0 Å². The smallest absolute Gasteiger partial charge is 0.0526 e. The highest BCUT2D eigenvalue weighted by Crippen LogP contribution is 2.23. The molecule has 0 aliphatic carbocycles. The molecule has 1 aromatic heterocycles. The van der Waals surface area contributed by atoms with Gasteiger partial charge in [-0.3, -0.25) is 0 Å². The average Bonchev–Trinajstić information content (AvgIpc) is 2.51. The van der Waals surface area contributed by atoms with Crippen LogP contribution in [0, 0.1) is 0 Å². The fourth-order valence-electron chi connectivity index (χ4n) is 2.30. The first-order valence-electron chi connectivity index (χ1n) is 5.10. The van der Waals surface area contributed by atoms with E-state index in [4.69, 9.17) is 0 Å². The van der Waals surface area contributed by atoms with Crippen molar-refractivity contribution >= 4 is 10.9 Å². The largest absolute Gasteiger partial charge is 0.346 e. The highest BCUT2D eigenvalue weighted by Gasteiger charge is 2.12. The Hall–Kier alpha value is -1.28. The van der Waals surface area contributed by atoms with Crippen molar-refractivity contribution in [3.8, 4) is 0 Å². The molecular formula is C12H14N2. The second-order valence-electron chi connectivity index (χ2n) is 4.10. The van der Waals surface area contributed by atoms with Gasteiger partial charge in [0.05, 0.1) is 5.52 Å². The SMILES string of the molecule is CN1CCn2ccc3cccc(c32)C1. The summed E-state index contributed by atoms with van der Waals surface area (Å²) in [5.41, 5.74) is 2.88. The first-order valence-corrected chi connectivity index (χ1v) is 5.10. The van der Waals surface area contributed by atoms with Crippen LogP contribution in [-0.2, 0) is 13.1 Å². The molecule has 0 fully saturated rings. The summed E-state index contributed by atoms with van der Waals surface area (Å²) in [6, 6.07) is 8.80. The van der Waals surface area contributed by atoms with Crippen molar-refractivity contribution in [3.05, 3.63) is 36.0 Å². The number of nitrogens with zero attached hydrogens (tertiary/aromatic N) is 2. The lowest BCUT2D eigenvalue weighted by Crippen LogP contribution is -2.19. The van der Waals surface area contributed by atoms with E-state index in [0.717, 1.165) is 19.6 Å². The highest BCUT2D eigenvalue weighted by molar-refractivity contribution is 5.83. The molecule has 0 unspecified atom stereocenters. The van der Waals surface area contributed by atoms with Gasteiger partial charge in [-0.25, -0.2) is 0 Å². The Labute approximate surface area is 83.7 Å². The molecule has 3 rings (SSSR count). The molecule has 0 saturated carbocycles. The van der Waals surface area contributed by atoms with Crippen LogP contribution in [0.1, 0.15) is 5.56 Å². The predicted molar refractivity (Wildman–Crippen MR) is 58.3 cm³/mol. The molecule has 0 spiro atoms. The van der Waals surface area contributed by atoms with Crippen LogP contribution in [0.4, 0.5) is 0 Å². The minimum atomic E-state index is 1.07. The molecule has 0 N–H and O–H groups in total. The molecule has 2 nitrogen and oxygen atoms in total. The Morgan fingerprint density at radius 3 is 3.00 bits per heavy atom. The van der Waals surface area contributed by atoms with Gasteiger partial charge in [-0.05, 0) is 24.1 Å². The maximum absolute atomic E-state index is 2.38. The maximum atomic E-state index is 2.38. The van der Waals surface area contributed by atoms with Gasteiger partial charge in [0.15, 0.2) is 0 Å². The Morgan fingerprint density at radius 1 is 1.14 bits per heavy atom. The molecule has 0 radical (unpaired) electrons. The predicted octanol–water partition coefficient (Wildman–Crippen LogP) is 2.09. The normalized spacial score (nSPS) is 17.2. The van der Waals surface area contributed by atoms with Crippen LogP contribution in [-0.4, -0.2) is 23.1 Å². The van der Waals surface area contributed by atoms with Crippen molar-refractivity contribution in [2.75, 3.05) is 13.6 Å². The maximum Gasteiger partial charge on any atom is 0.0526 e. The van der Waals surface area contributed by atoms with E-state index in [9.17, 15) is 0 Å². The van der Waals surface area contributed by atoms with E-state index < -0.39 is 0 Å². The Kier molecular flexibility index (Phi) is 1.64. The standard InChI is InChI=1S/C12H14N2/c1-13-7-8-14-6-5-10-3-2-4-11(9-13)12(10)14/h2-6H,7-9H2,1H3. The van der Waals surface area contributed by atoms with Crippen molar-refractivity contribution < 1.29 is 0 Å². The topological polar surface area (TPSA) is 8.17 Å². The third-order valence-electron chi connectivity index (χ3n) is 3.03. The van der Waals surface area contributed by atoms with Crippen LogP contribution in [0.15, 0.2) is 30.5 Å². The van der Waals surface area contributed by atoms with Gasteiger partial charge in [0.2, 0.25) is 0 Å². The second kappa shape index (κ2) is 2.85. The van der Waals surface area contributed by atoms with Crippen LogP contribution in [0.5, 0.6) is 0 Å². The van der Waals surface area contributed by atoms with Crippen molar-refractivity contribution in [2.24, 2.45) is 0 Å². The van der Waals surface area contributed by atoms with Gasteiger partial charge < -0.3 is 9.47 Å². The summed E-state index contributed by atoms with van der Waals surface area (Å²) >= 11 is 0. The van der Waals surface area contributed by atoms with Gasteiger partial charge in [-0.1, -0.05) is 18.2 Å². The van der Waals surface area contributed by atoms with Gasteiger partial charge in [-0.2, -0.15) is 0 Å². The lowest BCUT2D eigenvalue weighted by molar-refractivity contribution is 0.322. The summed E-state index contributed by atoms with van der Waals surface area (Å²) in [4.78, 5) is 2.38. The molecule has 0 amide bonds. The van der Waals surface area contributed by atoms with Gasteiger partial charge >= 0.3 is 0 Å². The van der Waals surface area contributed by atoms with Crippen molar-refractivity contribution in [1.29, 1.82) is 0 Å². The third-order valence-corrected chi connectivity index (χ3v) is 3.03. The molecule has 0 atom stereocenters. The molecule has 0 saturated heterocycles. The number of likely N-dealkylation sites (N-methyl/N-ethyl adjacent to an activating group) is 1. The summed E-state index contributed by atoms with van der Waals surface area (Å²) in [6.45, 7) is 3.32. The van der Waals surface area contributed by atoms with Gasteiger partial charge in [0, 0.05) is 25.8 Å². The zero-order chi connectivity index (χ0) is 9.54. The summed E-state index contributed by atoms with van der Waals surface area (Å²) < 4.78 is 2.37. The van der Waals surface area contributed by atoms with E-state index >= 15 is 0 Å². The molecule has 1 aliphatic rings. The fourth-order valence-corrected chi connectivity index (χ4v) is 2.30. The van der Waals surface area contributed by atoms with Gasteiger partial charge in [0.1, 0.15) is 0 Å². The number of aromatic nitrogens is 1. The monoisotopic (exact) mass is 186 g/mol. The second-order valence-corrected chi connectivity index (χ2v) is 4.10. The van der Waals surface area contributed by atoms with Crippen LogP contribution in [0.25, 0.3) is 10.9 Å². The number of hydrogen-bond donors (Lipinski definition) is 0. The summed E-state index contributed by atoms with van der Waals surface area (Å²) in [5, 5.41) is 1.37. The minimum Gasteiger partial charge on any atom is -0.346 e. The van der Waals surface area contributed by atoms with Crippen LogP contribution >= 0.6 is 0 Å². The van der Waals surface area contributed by atoms with E-state index in [-0.39, 0.29) is 0 Å². The number of benzene rings is 1. The molecule has 1 aromatic carbocycles. The van der Waals surface area contributed by atoms with Crippen molar-refractivity contribution in [1.82, 2.24) is 9.47 Å². The van der Waals surface area contributed by atoms with Crippen LogP contribution in [0.3, 0.4) is 0 Å². The first kappa shape index (κ1) is 8.06. The lowest BCUT2D eigenvalue weighted by Gasteiger charge is -2.12. The quantitative estimate of drug-likeness (QED) is 0.611. The summed E-state index contributed by atoms with van der Waals surface area (Å²) in [6.07, 6.45) is 2.20. The molecule has 1 aliphatic heterocycles. The van der Waals surface area contributed by atoms with Gasteiger partial charge in [0.25, 0.3) is 0 Å². The fraction of sp³-hybridized carbons (Fsp3) is 0.333. The summed E-state index contributed by atoms with van der Waals surface area (Å²) in [7, 11) is 2.19. The lowest BCUT2D eigenvalue weighted by atomic mass is 10.1. The first-order chi connectivity index (χ1) is 6.84. The molecule has 2 aromatic rings. The Morgan fingerprint density at radius 2 is 2.07 bits per heavy atom. The zero-order valence-corrected chi connectivity index (χ0v) is 8.40. The highest BCUT2D eigenvalue weighted by atomic mass is 15.1. The average molecular weight is 186 g/mol. The van der Waals surface area contributed by atoms with Crippen molar-refractivity contribution in [3.63, 3.8) is 0 Å². The van der Waals surface area contributed by atoms with E-state index in [0.29, 0.717) is 0 Å².